The molecule has 7 nitrogen and oxygen atoms in total. The van der Waals surface area contributed by atoms with Gasteiger partial charge in [0.15, 0.2) is 11.5 Å². The zero-order valence-electron chi connectivity index (χ0n) is 13.6. The summed E-state index contributed by atoms with van der Waals surface area (Å²) in [7, 11) is 0. The Morgan fingerprint density at radius 2 is 1.88 bits per heavy atom. The lowest BCUT2D eigenvalue weighted by molar-refractivity contribution is -0.132. The van der Waals surface area contributed by atoms with Crippen LogP contribution in [0.25, 0.3) is 0 Å². The maximum atomic E-state index is 12.1. The van der Waals surface area contributed by atoms with Crippen LogP contribution >= 0.6 is 11.6 Å². The molecule has 0 saturated carbocycles. The maximum absolute atomic E-state index is 12.1. The van der Waals surface area contributed by atoms with Crippen molar-refractivity contribution < 1.29 is 19.1 Å². The van der Waals surface area contributed by atoms with Crippen molar-refractivity contribution in [1.29, 1.82) is 0 Å². The Labute approximate surface area is 154 Å². The Balaban J connectivity index is 1.43. The highest BCUT2D eigenvalue weighted by atomic mass is 35.5. The van der Waals surface area contributed by atoms with Crippen molar-refractivity contribution in [3.05, 3.63) is 59.1 Å². The molecule has 0 spiro atoms. The molecule has 0 aliphatic carbocycles. The quantitative estimate of drug-likeness (QED) is 0.617. The summed E-state index contributed by atoms with van der Waals surface area (Å²) in [6.07, 6.45) is 0.667. The van der Waals surface area contributed by atoms with Gasteiger partial charge in [-0.05, 0) is 29.8 Å². The minimum Gasteiger partial charge on any atom is -0.485 e. The molecule has 0 aromatic heterocycles. The molecule has 0 bridgehead atoms. The number of hydrogen-bond acceptors (Lipinski definition) is 5. The molecule has 1 aliphatic heterocycles. The zero-order valence-corrected chi connectivity index (χ0v) is 14.4. The van der Waals surface area contributed by atoms with Crippen molar-refractivity contribution in [3.63, 3.8) is 0 Å². The third-order valence-corrected chi connectivity index (χ3v) is 3.75. The van der Waals surface area contributed by atoms with Crippen LogP contribution in [-0.2, 0) is 9.59 Å². The number of carbonyl (C=O) groups excluding carboxylic acids is 2. The van der Waals surface area contributed by atoms with Gasteiger partial charge in [-0.3, -0.25) is 9.59 Å². The number of halogens is 1. The van der Waals surface area contributed by atoms with E-state index in [4.69, 9.17) is 21.1 Å². The SMILES string of the molecule is O=C(CNC(=O)[C@H]1COc2ccccc2O1)N/N=C/c1ccc(Cl)cc1. The lowest BCUT2D eigenvalue weighted by Crippen LogP contribution is -2.46. The van der Waals surface area contributed by atoms with Gasteiger partial charge < -0.3 is 14.8 Å². The van der Waals surface area contributed by atoms with Crippen LogP contribution in [0, 0.1) is 0 Å². The van der Waals surface area contributed by atoms with Gasteiger partial charge in [0.1, 0.15) is 6.61 Å². The Bertz CT molecular complexity index is 823. The molecule has 3 rings (SSSR count). The standard InChI is InChI=1S/C18H16ClN3O4/c19-13-7-5-12(6-8-13)9-21-22-17(23)10-20-18(24)16-11-25-14-3-1-2-4-15(14)26-16/h1-9,16H,10-11H2,(H,20,24)(H,22,23)/b21-9+/t16-/m1/s1. The molecule has 2 amide bonds. The Kier molecular flexibility index (Phi) is 5.70. The highest BCUT2D eigenvalue weighted by molar-refractivity contribution is 6.30. The van der Waals surface area contributed by atoms with Crippen LogP contribution in [0.2, 0.25) is 5.02 Å². The summed E-state index contributed by atoms with van der Waals surface area (Å²) in [5.74, 6) is 0.193. The molecule has 134 valence electrons. The van der Waals surface area contributed by atoms with E-state index in [0.717, 1.165) is 5.56 Å². The summed E-state index contributed by atoms with van der Waals surface area (Å²) in [6, 6.07) is 14.0. The van der Waals surface area contributed by atoms with Gasteiger partial charge in [0.25, 0.3) is 11.8 Å². The van der Waals surface area contributed by atoms with Crippen LogP contribution in [0.1, 0.15) is 5.56 Å². The predicted octanol–water partition coefficient (Wildman–Crippen LogP) is 1.75. The monoisotopic (exact) mass is 373 g/mol. The van der Waals surface area contributed by atoms with E-state index < -0.39 is 17.9 Å². The van der Waals surface area contributed by atoms with E-state index in [9.17, 15) is 9.59 Å². The number of carbonyl (C=O) groups is 2. The van der Waals surface area contributed by atoms with E-state index in [1.165, 1.54) is 6.21 Å². The number of nitrogens with one attached hydrogen (secondary N) is 2. The smallest absolute Gasteiger partial charge is 0.265 e. The molecule has 8 heteroatoms. The molecule has 0 unspecified atom stereocenters. The topological polar surface area (TPSA) is 89.0 Å². The second-order valence-electron chi connectivity index (χ2n) is 5.43. The molecular weight excluding hydrogens is 358 g/mol. The average Bonchev–Trinajstić information content (AvgIpc) is 2.67. The minimum absolute atomic E-state index is 0.0825. The summed E-state index contributed by atoms with van der Waals surface area (Å²) in [5.41, 5.74) is 3.11. The third-order valence-electron chi connectivity index (χ3n) is 3.50. The molecule has 0 fully saturated rings. The number of benzene rings is 2. The summed E-state index contributed by atoms with van der Waals surface area (Å²) >= 11 is 5.79. The first-order valence-electron chi connectivity index (χ1n) is 7.85. The van der Waals surface area contributed by atoms with Crippen molar-refractivity contribution in [2.45, 2.75) is 6.10 Å². The number of ether oxygens (including phenoxy) is 2. The Morgan fingerprint density at radius 1 is 1.15 bits per heavy atom. The first-order valence-corrected chi connectivity index (χ1v) is 8.23. The minimum atomic E-state index is -0.810. The van der Waals surface area contributed by atoms with E-state index in [2.05, 4.69) is 15.8 Å². The maximum Gasteiger partial charge on any atom is 0.265 e. The summed E-state index contributed by atoms with van der Waals surface area (Å²) in [6.45, 7) is -0.141. The van der Waals surface area contributed by atoms with Crippen molar-refractivity contribution in [3.8, 4) is 11.5 Å². The van der Waals surface area contributed by atoms with E-state index in [-0.39, 0.29) is 13.2 Å². The van der Waals surface area contributed by atoms with Gasteiger partial charge >= 0.3 is 0 Å². The molecule has 1 heterocycles. The summed E-state index contributed by atoms with van der Waals surface area (Å²) in [5, 5.41) is 6.92. The molecule has 2 aromatic carbocycles. The molecule has 0 radical (unpaired) electrons. The molecule has 0 saturated heterocycles. The van der Waals surface area contributed by atoms with Gasteiger partial charge in [-0.25, -0.2) is 5.43 Å². The van der Waals surface area contributed by atoms with Crippen molar-refractivity contribution in [1.82, 2.24) is 10.7 Å². The molecule has 2 N–H and O–H groups in total. The number of para-hydroxylation sites is 2. The first kappa shape index (κ1) is 17.8. The Hall–Kier alpha value is -3.06. The third kappa shape index (κ3) is 4.73. The van der Waals surface area contributed by atoms with Crippen LogP contribution in [0.15, 0.2) is 53.6 Å². The molecular formula is C18H16ClN3O4. The number of hydrazone groups is 1. The summed E-state index contributed by atoms with van der Waals surface area (Å²) in [4.78, 5) is 23.8. The predicted molar refractivity (Wildman–Crippen MR) is 96.6 cm³/mol. The fourth-order valence-corrected chi connectivity index (χ4v) is 2.32. The number of nitrogens with zero attached hydrogens (tertiary/aromatic N) is 1. The van der Waals surface area contributed by atoms with E-state index in [0.29, 0.717) is 16.5 Å². The lowest BCUT2D eigenvalue weighted by atomic mass is 10.2. The van der Waals surface area contributed by atoms with Gasteiger partial charge in [0.05, 0.1) is 12.8 Å². The molecule has 26 heavy (non-hydrogen) atoms. The number of fused-ring (bicyclic) bond motifs is 1. The molecule has 2 aromatic rings. The number of amides is 2. The van der Waals surface area contributed by atoms with Crippen molar-refractivity contribution >= 4 is 29.6 Å². The van der Waals surface area contributed by atoms with Gasteiger partial charge in [-0.2, -0.15) is 5.10 Å². The van der Waals surface area contributed by atoms with E-state index in [1.807, 2.05) is 6.07 Å². The van der Waals surface area contributed by atoms with Crippen LogP contribution < -0.4 is 20.2 Å². The zero-order chi connectivity index (χ0) is 18.4. The molecule has 1 aliphatic rings. The highest BCUT2D eigenvalue weighted by Gasteiger charge is 2.27. The van der Waals surface area contributed by atoms with Crippen LogP contribution in [-0.4, -0.2) is 37.3 Å². The summed E-state index contributed by atoms with van der Waals surface area (Å²) < 4.78 is 11.0. The largest absolute Gasteiger partial charge is 0.485 e. The normalized spacial score (nSPS) is 15.5. The van der Waals surface area contributed by atoms with Crippen LogP contribution in [0.4, 0.5) is 0 Å². The second-order valence-corrected chi connectivity index (χ2v) is 5.86. The van der Waals surface area contributed by atoms with Gasteiger partial charge in [0, 0.05) is 5.02 Å². The number of rotatable bonds is 5. The first-order chi connectivity index (χ1) is 12.6. The van der Waals surface area contributed by atoms with E-state index >= 15 is 0 Å². The Morgan fingerprint density at radius 3 is 2.65 bits per heavy atom. The van der Waals surface area contributed by atoms with Gasteiger partial charge in [-0.15, -0.1) is 0 Å². The molecule has 1 atom stereocenters. The van der Waals surface area contributed by atoms with Crippen LogP contribution in [0.3, 0.4) is 0 Å². The lowest BCUT2D eigenvalue weighted by Gasteiger charge is -2.25. The average molecular weight is 374 g/mol. The van der Waals surface area contributed by atoms with Crippen LogP contribution in [0.5, 0.6) is 11.5 Å². The van der Waals surface area contributed by atoms with Crippen molar-refractivity contribution in [2.24, 2.45) is 5.10 Å². The fraction of sp³-hybridized carbons (Fsp3) is 0.167. The van der Waals surface area contributed by atoms with E-state index in [1.54, 1.807) is 42.5 Å². The highest BCUT2D eigenvalue weighted by Crippen LogP contribution is 2.30. The van der Waals surface area contributed by atoms with Gasteiger partial charge in [0.2, 0.25) is 6.10 Å². The number of hydrogen-bond donors (Lipinski definition) is 2. The second kappa shape index (κ2) is 8.35. The van der Waals surface area contributed by atoms with Gasteiger partial charge in [-0.1, -0.05) is 35.9 Å². The van der Waals surface area contributed by atoms with Crippen molar-refractivity contribution in [2.75, 3.05) is 13.2 Å². The fourth-order valence-electron chi connectivity index (χ4n) is 2.20.